The number of carbonyl (C=O) groups is 1. The molecule has 0 saturated carbocycles. The molecule has 0 spiro atoms. The van der Waals surface area contributed by atoms with E-state index in [9.17, 15) is 4.79 Å². The van der Waals surface area contributed by atoms with E-state index in [2.05, 4.69) is 9.94 Å². The molecule has 1 aromatic heterocycles. The average Bonchev–Trinajstić information content (AvgIpc) is 2.92. The number of aryl methyl sites for hydroxylation is 1. The standard InChI is InChI=1S/C18H21N3O3/c1-5-15-18(24-14-10-8-13(19-4)9-11-14)16(6-2)21(20-15)12-17(22)23-7-3/h8-11H,5-7,12H2,1-3H3. The number of esters is 1. The zero-order chi connectivity index (χ0) is 17.5. The van der Waals surface area contributed by atoms with Gasteiger partial charge < -0.3 is 9.47 Å². The minimum absolute atomic E-state index is 0.0734. The van der Waals surface area contributed by atoms with Crippen LogP contribution in [-0.4, -0.2) is 22.4 Å². The molecule has 6 heteroatoms. The van der Waals surface area contributed by atoms with Crippen molar-refractivity contribution in [1.82, 2.24) is 9.78 Å². The van der Waals surface area contributed by atoms with Crippen LogP contribution in [-0.2, 0) is 28.9 Å². The van der Waals surface area contributed by atoms with E-state index in [0.717, 1.165) is 11.4 Å². The van der Waals surface area contributed by atoms with E-state index in [0.29, 0.717) is 36.6 Å². The first-order valence-electron chi connectivity index (χ1n) is 8.02. The molecule has 0 saturated heterocycles. The van der Waals surface area contributed by atoms with Gasteiger partial charge in [0.2, 0.25) is 0 Å². The summed E-state index contributed by atoms with van der Waals surface area (Å²) in [6, 6.07) is 6.94. The summed E-state index contributed by atoms with van der Waals surface area (Å²) in [7, 11) is 0. The second kappa shape index (κ2) is 8.16. The minimum atomic E-state index is -0.315. The van der Waals surface area contributed by atoms with Crippen LogP contribution in [0.1, 0.15) is 32.2 Å². The smallest absolute Gasteiger partial charge is 0.327 e. The number of carbonyl (C=O) groups excluding carboxylic acids is 1. The molecule has 24 heavy (non-hydrogen) atoms. The molecule has 0 radical (unpaired) electrons. The minimum Gasteiger partial charge on any atom is -0.465 e. The molecule has 0 atom stereocenters. The SMILES string of the molecule is [C-]#[N+]c1ccc(Oc2c(CC)nn(CC(=O)OCC)c2CC)cc1. The second-order valence-electron chi connectivity index (χ2n) is 5.10. The molecular weight excluding hydrogens is 306 g/mol. The number of hydrogen-bond donors (Lipinski definition) is 0. The maximum atomic E-state index is 11.8. The van der Waals surface area contributed by atoms with Gasteiger partial charge in [0, 0.05) is 0 Å². The van der Waals surface area contributed by atoms with Crippen molar-refractivity contribution < 1.29 is 14.3 Å². The van der Waals surface area contributed by atoms with Crippen LogP contribution >= 0.6 is 0 Å². The molecule has 2 rings (SSSR count). The summed E-state index contributed by atoms with van der Waals surface area (Å²) < 4.78 is 12.7. The molecule has 0 fully saturated rings. The van der Waals surface area contributed by atoms with E-state index in [-0.39, 0.29) is 12.5 Å². The molecule has 0 bridgehead atoms. The van der Waals surface area contributed by atoms with Crippen LogP contribution in [0, 0.1) is 6.57 Å². The summed E-state index contributed by atoms with van der Waals surface area (Å²) in [5.74, 6) is 1.01. The molecule has 126 valence electrons. The van der Waals surface area contributed by atoms with E-state index in [1.807, 2.05) is 13.8 Å². The van der Waals surface area contributed by atoms with Crippen LogP contribution in [0.25, 0.3) is 4.85 Å². The van der Waals surface area contributed by atoms with Gasteiger partial charge in [0.1, 0.15) is 18.0 Å². The van der Waals surface area contributed by atoms with Gasteiger partial charge >= 0.3 is 5.97 Å². The first-order valence-corrected chi connectivity index (χ1v) is 8.02. The Labute approximate surface area is 141 Å². The lowest BCUT2D eigenvalue weighted by molar-refractivity contribution is -0.144. The number of nitrogens with zero attached hydrogens (tertiary/aromatic N) is 3. The van der Waals surface area contributed by atoms with Gasteiger partial charge in [0.15, 0.2) is 11.4 Å². The van der Waals surface area contributed by atoms with E-state index >= 15 is 0 Å². The zero-order valence-electron chi connectivity index (χ0n) is 14.2. The lowest BCUT2D eigenvalue weighted by Gasteiger charge is -2.09. The maximum absolute atomic E-state index is 11.8. The predicted octanol–water partition coefficient (Wildman–Crippen LogP) is 3.91. The summed E-state index contributed by atoms with van der Waals surface area (Å²) in [6.07, 6.45) is 1.38. The molecular formula is C18H21N3O3. The topological polar surface area (TPSA) is 57.7 Å². The molecule has 0 aliphatic rings. The van der Waals surface area contributed by atoms with Gasteiger partial charge in [-0.25, -0.2) is 4.85 Å². The quantitative estimate of drug-likeness (QED) is 0.571. The second-order valence-corrected chi connectivity index (χ2v) is 5.10. The van der Waals surface area contributed by atoms with E-state index in [1.165, 1.54) is 0 Å². The molecule has 0 aliphatic heterocycles. The van der Waals surface area contributed by atoms with Crippen LogP contribution in [0.15, 0.2) is 24.3 Å². The Hall–Kier alpha value is -2.81. The molecule has 0 unspecified atom stereocenters. The third kappa shape index (κ3) is 3.93. The van der Waals surface area contributed by atoms with Crippen LogP contribution in [0.2, 0.25) is 0 Å². The van der Waals surface area contributed by atoms with Crippen molar-refractivity contribution in [1.29, 1.82) is 0 Å². The van der Waals surface area contributed by atoms with Crippen molar-refractivity contribution in [3.05, 3.63) is 47.1 Å². The van der Waals surface area contributed by atoms with Crippen molar-refractivity contribution in [2.24, 2.45) is 0 Å². The Balaban J connectivity index is 2.31. The lowest BCUT2D eigenvalue weighted by Crippen LogP contribution is -2.16. The molecule has 6 nitrogen and oxygen atoms in total. The zero-order valence-corrected chi connectivity index (χ0v) is 14.2. The molecule has 1 heterocycles. The van der Waals surface area contributed by atoms with Crippen molar-refractivity contribution in [3.8, 4) is 11.5 Å². The largest absolute Gasteiger partial charge is 0.465 e. The van der Waals surface area contributed by atoms with Crippen LogP contribution in [0.4, 0.5) is 5.69 Å². The van der Waals surface area contributed by atoms with E-state index in [4.69, 9.17) is 16.0 Å². The summed E-state index contributed by atoms with van der Waals surface area (Å²) in [4.78, 5) is 15.1. The van der Waals surface area contributed by atoms with Gasteiger partial charge in [0.05, 0.1) is 18.9 Å². The van der Waals surface area contributed by atoms with Gasteiger partial charge in [-0.2, -0.15) is 5.10 Å². The fourth-order valence-electron chi connectivity index (χ4n) is 2.39. The van der Waals surface area contributed by atoms with Crippen molar-refractivity contribution in [2.75, 3.05) is 6.61 Å². The Morgan fingerprint density at radius 2 is 1.92 bits per heavy atom. The lowest BCUT2D eigenvalue weighted by atomic mass is 10.2. The first kappa shape index (κ1) is 17.5. The Morgan fingerprint density at radius 1 is 1.21 bits per heavy atom. The van der Waals surface area contributed by atoms with Gasteiger partial charge in [-0.05, 0) is 31.9 Å². The Morgan fingerprint density at radius 3 is 2.46 bits per heavy atom. The van der Waals surface area contributed by atoms with E-state index < -0.39 is 0 Å². The average molecular weight is 327 g/mol. The van der Waals surface area contributed by atoms with Crippen LogP contribution < -0.4 is 4.74 Å². The highest BCUT2D eigenvalue weighted by atomic mass is 16.5. The predicted molar refractivity (Wildman–Crippen MR) is 90.4 cm³/mol. The van der Waals surface area contributed by atoms with Crippen LogP contribution in [0.3, 0.4) is 0 Å². The summed E-state index contributed by atoms with van der Waals surface area (Å²) in [5.41, 5.74) is 2.21. The summed E-state index contributed by atoms with van der Waals surface area (Å²) >= 11 is 0. The highest BCUT2D eigenvalue weighted by molar-refractivity contribution is 5.69. The monoisotopic (exact) mass is 327 g/mol. The third-order valence-corrected chi connectivity index (χ3v) is 3.52. The molecule has 0 N–H and O–H groups in total. The van der Waals surface area contributed by atoms with Gasteiger partial charge in [-0.1, -0.05) is 26.0 Å². The van der Waals surface area contributed by atoms with Gasteiger partial charge in [0.25, 0.3) is 0 Å². The summed E-state index contributed by atoms with van der Waals surface area (Å²) in [6.45, 7) is 13.2. The van der Waals surface area contributed by atoms with Crippen LogP contribution in [0.5, 0.6) is 11.5 Å². The highest BCUT2D eigenvalue weighted by Gasteiger charge is 2.19. The molecule has 0 amide bonds. The highest BCUT2D eigenvalue weighted by Crippen LogP contribution is 2.31. The summed E-state index contributed by atoms with van der Waals surface area (Å²) in [5, 5.41) is 4.49. The molecule has 2 aromatic rings. The number of aromatic nitrogens is 2. The number of rotatable bonds is 7. The normalized spacial score (nSPS) is 10.2. The fourth-order valence-corrected chi connectivity index (χ4v) is 2.39. The van der Waals surface area contributed by atoms with Gasteiger partial charge in [-0.3, -0.25) is 9.48 Å². The van der Waals surface area contributed by atoms with Crippen molar-refractivity contribution in [3.63, 3.8) is 0 Å². The molecule has 1 aromatic carbocycles. The Bertz CT molecular complexity index is 742. The number of benzene rings is 1. The van der Waals surface area contributed by atoms with Crippen molar-refractivity contribution in [2.45, 2.75) is 40.2 Å². The third-order valence-electron chi connectivity index (χ3n) is 3.52. The molecule has 0 aliphatic carbocycles. The van der Waals surface area contributed by atoms with E-state index in [1.54, 1.807) is 35.9 Å². The first-order chi connectivity index (χ1) is 11.6. The van der Waals surface area contributed by atoms with Crippen molar-refractivity contribution >= 4 is 11.7 Å². The van der Waals surface area contributed by atoms with Gasteiger partial charge in [-0.15, -0.1) is 0 Å². The maximum Gasteiger partial charge on any atom is 0.327 e. The number of hydrogen-bond acceptors (Lipinski definition) is 4. The fraction of sp³-hybridized carbons (Fsp3) is 0.389. The Kier molecular flexibility index (Phi) is 5.96. The number of ether oxygens (including phenoxy) is 2.